The van der Waals surface area contributed by atoms with E-state index in [-0.39, 0.29) is 0 Å². The zero-order valence-corrected chi connectivity index (χ0v) is 9.81. The highest BCUT2D eigenvalue weighted by atomic mass is 32.2. The van der Waals surface area contributed by atoms with Crippen molar-refractivity contribution in [3.63, 3.8) is 0 Å². The minimum atomic E-state index is 0.997. The number of hydrogen-bond donors (Lipinski definition) is 1. The molecule has 0 aliphatic carbocycles. The summed E-state index contributed by atoms with van der Waals surface area (Å²) in [5.74, 6) is 0. The maximum atomic E-state index is 8.49. The number of thiocyanates is 1. The molecule has 0 amide bonds. The normalized spacial score (nSPS) is 9.60. The second-order valence-electron chi connectivity index (χ2n) is 3.35. The third-order valence-corrected chi connectivity index (χ3v) is 2.73. The summed E-state index contributed by atoms with van der Waals surface area (Å²) in [6.45, 7) is 3.23. The van der Waals surface area contributed by atoms with Crippen molar-refractivity contribution in [3.8, 4) is 5.40 Å². The van der Waals surface area contributed by atoms with Crippen molar-refractivity contribution in [2.45, 2.75) is 31.1 Å². The van der Waals surface area contributed by atoms with E-state index in [0.717, 1.165) is 17.1 Å². The average molecular weight is 220 g/mol. The predicted molar refractivity (Wildman–Crippen MR) is 65.9 cm³/mol. The standard InChI is InChI=1S/C12H16N2S/c1-2-3-4-9-14-11-5-7-12(8-6-11)15-10-13/h5-8,14H,2-4,9H2,1H3. The summed E-state index contributed by atoms with van der Waals surface area (Å²) in [4.78, 5) is 0.997. The van der Waals surface area contributed by atoms with Crippen molar-refractivity contribution >= 4 is 17.4 Å². The molecule has 1 N–H and O–H groups in total. The minimum Gasteiger partial charge on any atom is -0.385 e. The molecule has 1 rings (SSSR count). The van der Waals surface area contributed by atoms with Crippen molar-refractivity contribution in [2.75, 3.05) is 11.9 Å². The highest BCUT2D eigenvalue weighted by Crippen LogP contribution is 2.18. The summed E-state index contributed by atoms with van der Waals surface area (Å²) in [5, 5.41) is 13.9. The van der Waals surface area contributed by atoms with Crippen LogP contribution in [0.3, 0.4) is 0 Å². The van der Waals surface area contributed by atoms with Crippen LogP contribution < -0.4 is 5.32 Å². The molecule has 80 valence electrons. The molecule has 1 aromatic rings. The fourth-order valence-corrected chi connectivity index (χ4v) is 1.68. The molecule has 0 atom stereocenters. The van der Waals surface area contributed by atoms with Crippen molar-refractivity contribution in [1.29, 1.82) is 5.26 Å². The lowest BCUT2D eigenvalue weighted by molar-refractivity contribution is 0.744. The Bertz CT molecular complexity index is 313. The number of nitrogens with one attached hydrogen (secondary N) is 1. The Morgan fingerprint density at radius 3 is 2.60 bits per heavy atom. The van der Waals surface area contributed by atoms with E-state index in [0.29, 0.717) is 0 Å². The van der Waals surface area contributed by atoms with Gasteiger partial charge in [-0.15, -0.1) is 0 Å². The Kier molecular flexibility index (Phi) is 5.72. The SMILES string of the molecule is CCCCCNc1ccc(SC#N)cc1. The summed E-state index contributed by atoms with van der Waals surface area (Å²) in [6.07, 6.45) is 3.74. The van der Waals surface area contributed by atoms with Crippen LogP contribution >= 0.6 is 11.8 Å². The minimum absolute atomic E-state index is 0.997. The summed E-state index contributed by atoms with van der Waals surface area (Å²) in [5.41, 5.74) is 1.13. The molecular weight excluding hydrogens is 204 g/mol. The fraction of sp³-hybridized carbons (Fsp3) is 0.417. The summed E-state index contributed by atoms with van der Waals surface area (Å²) < 4.78 is 0. The Morgan fingerprint density at radius 1 is 1.27 bits per heavy atom. The quantitative estimate of drug-likeness (QED) is 0.449. The molecule has 0 spiro atoms. The highest BCUT2D eigenvalue weighted by molar-refractivity contribution is 8.03. The molecule has 2 nitrogen and oxygen atoms in total. The molecule has 0 aromatic heterocycles. The van der Waals surface area contributed by atoms with Crippen LogP contribution in [0.25, 0.3) is 0 Å². The largest absolute Gasteiger partial charge is 0.385 e. The smallest absolute Gasteiger partial charge is 0.138 e. The van der Waals surface area contributed by atoms with Gasteiger partial charge in [0, 0.05) is 17.1 Å². The Balaban J connectivity index is 2.33. The van der Waals surface area contributed by atoms with Crippen molar-refractivity contribution in [1.82, 2.24) is 0 Å². The van der Waals surface area contributed by atoms with Gasteiger partial charge in [-0.1, -0.05) is 19.8 Å². The van der Waals surface area contributed by atoms with E-state index in [4.69, 9.17) is 5.26 Å². The van der Waals surface area contributed by atoms with Crippen LogP contribution in [0.4, 0.5) is 5.69 Å². The molecule has 0 aliphatic rings. The van der Waals surface area contributed by atoms with Gasteiger partial charge in [0.05, 0.1) is 0 Å². The molecule has 0 heterocycles. The van der Waals surface area contributed by atoms with E-state index < -0.39 is 0 Å². The van der Waals surface area contributed by atoms with Gasteiger partial charge in [0.2, 0.25) is 0 Å². The topological polar surface area (TPSA) is 35.8 Å². The number of hydrogen-bond acceptors (Lipinski definition) is 3. The molecule has 0 aliphatic heterocycles. The number of benzene rings is 1. The van der Waals surface area contributed by atoms with E-state index in [2.05, 4.69) is 17.6 Å². The first kappa shape index (κ1) is 11.9. The van der Waals surface area contributed by atoms with Crippen molar-refractivity contribution < 1.29 is 0 Å². The van der Waals surface area contributed by atoms with Gasteiger partial charge in [-0.3, -0.25) is 0 Å². The number of nitriles is 1. The van der Waals surface area contributed by atoms with E-state index in [1.165, 1.54) is 31.0 Å². The van der Waals surface area contributed by atoms with E-state index in [1.54, 1.807) is 0 Å². The maximum absolute atomic E-state index is 8.49. The molecular formula is C12H16N2S. The molecule has 0 saturated carbocycles. The molecule has 0 saturated heterocycles. The molecule has 0 radical (unpaired) electrons. The van der Waals surface area contributed by atoms with Gasteiger partial charge in [0.1, 0.15) is 5.40 Å². The zero-order chi connectivity index (χ0) is 10.9. The Morgan fingerprint density at radius 2 is 2.00 bits per heavy atom. The lowest BCUT2D eigenvalue weighted by atomic mass is 10.2. The zero-order valence-electron chi connectivity index (χ0n) is 8.99. The van der Waals surface area contributed by atoms with Gasteiger partial charge in [-0.25, -0.2) is 0 Å². The van der Waals surface area contributed by atoms with Gasteiger partial charge in [0.15, 0.2) is 0 Å². The first-order valence-corrected chi connectivity index (χ1v) is 6.08. The second-order valence-corrected chi connectivity index (χ2v) is 4.21. The van der Waals surface area contributed by atoms with E-state index >= 15 is 0 Å². The summed E-state index contributed by atoms with van der Waals surface area (Å²) >= 11 is 1.19. The summed E-state index contributed by atoms with van der Waals surface area (Å²) in [6, 6.07) is 7.98. The lowest BCUT2D eigenvalue weighted by Gasteiger charge is -2.05. The third kappa shape index (κ3) is 4.75. The monoisotopic (exact) mass is 220 g/mol. The van der Waals surface area contributed by atoms with Gasteiger partial charge >= 0.3 is 0 Å². The van der Waals surface area contributed by atoms with Gasteiger partial charge in [0.25, 0.3) is 0 Å². The third-order valence-electron chi connectivity index (χ3n) is 2.13. The van der Waals surface area contributed by atoms with Gasteiger partial charge in [-0.05, 0) is 42.4 Å². The number of anilines is 1. The molecule has 1 aromatic carbocycles. The lowest BCUT2D eigenvalue weighted by Crippen LogP contribution is -2.00. The van der Waals surface area contributed by atoms with Crippen LogP contribution in [0, 0.1) is 10.7 Å². The van der Waals surface area contributed by atoms with Crippen LogP contribution in [-0.4, -0.2) is 6.54 Å². The van der Waals surface area contributed by atoms with E-state index in [9.17, 15) is 0 Å². The van der Waals surface area contributed by atoms with Crippen LogP contribution in [-0.2, 0) is 0 Å². The first-order valence-electron chi connectivity index (χ1n) is 5.26. The second kappa shape index (κ2) is 7.19. The number of unbranched alkanes of at least 4 members (excludes halogenated alkanes) is 2. The number of rotatable bonds is 6. The molecule has 0 fully saturated rings. The Labute approximate surface area is 95.7 Å². The Hall–Kier alpha value is -1.14. The van der Waals surface area contributed by atoms with Crippen molar-refractivity contribution in [2.24, 2.45) is 0 Å². The molecule has 15 heavy (non-hydrogen) atoms. The van der Waals surface area contributed by atoms with Crippen LogP contribution in [0.2, 0.25) is 0 Å². The highest BCUT2D eigenvalue weighted by Gasteiger charge is 1.94. The summed E-state index contributed by atoms with van der Waals surface area (Å²) in [7, 11) is 0. The first-order chi connectivity index (χ1) is 7.36. The molecule has 0 bridgehead atoms. The predicted octanol–water partition coefficient (Wildman–Crippen LogP) is 3.86. The van der Waals surface area contributed by atoms with Gasteiger partial charge in [-0.2, -0.15) is 5.26 Å². The maximum Gasteiger partial charge on any atom is 0.138 e. The van der Waals surface area contributed by atoms with E-state index in [1.807, 2.05) is 24.3 Å². The number of nitrogens with zero attached hydrogens (tertiary/aromatic N) is 1. The van der Waals surface area contributed by atoms with Gasteiger partial charge < -0.3 is 5.32 Å². The number of thioether (sulfide) groups is 1. The van der Waals surface area contributed by atoms with Crippen LogP contribution in [0.5, 0.6) is 0 Å². The molecule has 0 unspecified atom stereocenters. The average Bonchev–Trinajstić information content (AvgIpc) is 2.27. The van der Waals surface area contributed by atoms with Crippen LogP contribution in [0.1, 0.15) is 26.2 Å². The fourth-order valence-electron chi connectivity index (χ4n) is 1.30. The van der Waals surface area contributed by atoms with Crippen molar-refractivity contribution in [3.05, 3.63) is 24.3 Å². The van der Waals surface area contributed by atoms with Crippen LogP contribution in [0.15, 0.2) is 29.2 Å². The molecule has 3 heteroatoms.